The van der Waals surface area contributed by atoms with E-state index in [0.29, 0.717) is 0 Å². The topological polar surface area (TPSA) is 66.8 Å². The predicted octanol–water partition coefficient (Wildman–Crippen LogP) is 0.888. The molecule has 0 heterocycles. The molecule has 0 aliphatic rings. The van der Waals surface area contributed by atoms with E-state index in [1.165, 1.54) is 12.1 Å². The molecule has 1 rings (SSSR count). The Bertz CT molecular complexity index is 390. The Hall–Kier alpha value is -2.15. The van der Waals surface area contributed by atoms with Gasteiger partial charge in [0.05, 0.1) is 5.56 Å². The standard InChI is InChI=1S/C10H8O4/c1-2-5-14-10(13)7-3-4-8(11)9(12)6-7/h1,3-4,6,11-12H,5H2. The van der Waals surface area contributed by atoms with Crippen molar-refractivity contribution >= 4 is 5.97 Å². The van der Waals surface area contributed by atoms with Crippen molar-refractivity contribution in [1.29, 1.82) is 0 Å². The summed E-state index contributed by atoms with van der Waals surface area (Å²) in [7, 11) is 0. The van der Waals surface area contributed by atoms with Gasteiger partial charge in [-0.2, -0.15) is 0 Å². The monoisotopic (exact) mass is 192 g/mol. The number of terminal acetylenes is 1. The number of esters is 1. The third-order valence-electron chi connectivity index (χ3n) is 1.50. The van der Waals surface area contributed by atoms with Gasteiger partial charge < -0.3 is 14.9 Å². The van der Waals surface area contributed by atoms with Crippen LogP contribution in [0.15, 0.2) is 18.2 Å². The second-order valence-electron chi connectivity index (χ2n) is 2.48. The lowest BCUT2D eigenvalue weighted by molar-refractivity contribution is 0.0556. The number of phenols is 2. The number of benzene rings is 1. The van der Waals surface area contributed by atoms with E-state index in [4.69, 9.17) is 16.6 Å². The van der Waals surface area contributed by atoms with Crippen molar-refractivity contribution in [1.82, 2.24) is 0 Å². The Balaban J connectivity index is 2.82. The molecule has 1 aromatic carbocycles. The van der Waals surface area contributed by atoms with Crippen molar-refractivity contribution in [3.8, 4) is 23.8 Å². The molecule has 0 aromatic heterocycles. The van der Waals surface area contributed by atoms with Gasteiger partial charge in [-0.05, 0) is 18.2 Å². The first-order valence-electron chi connectivity index (χ1n) is 3.77. The minimum Gasteiger partial charge on any atom is -0.504 e. The first kappa shape index (κ1) is 9.93. The summed E-state index contributed by atoms with van der Waals surface area (Å²) >= 11 is 0. The van der Waals surface area contributed by atoms with E-state index in [1.54, 1.807) is 0 Å². The van der Waals surface area contributed by atoms with Crippen molar-refractivity contribution in [2.24, 2.45) is 0 Å². The molecule has 0 saturated heterocycles. The smallest absolute Gasteiger partial charge is 0.339 e. The van der Waals surface area contributed by atoms with E-state index >= 15 is 0 Å². The van der Waals surface area contributed by atoms with E-state index < -0.39 is 5.97 Å². The molecule has 0 spiro atoms. The molecule has 2 N–H and O–H groups in total. The van der Waals surface area contributed by atoms with Crippen molar-refractivity contribution in [2.45, 2.75) is 0 Å². The number of phenolic OH excluding ortho intramolecular Hbond substituents is 2. The molecule has 14 heavy (non-hydrogen) atoms. The summed E-state index contributed by atoms with van der Waals surface area (Å²) in [5, 5.41) is 18.0. The summed E-state index contributed by atoms with van der Waals surface area (Å²) in [6.07, 6.45) is 4.89. The lowest BCUT2D eigenvalue weighted by atomic mass is 10.2. The van der Waals surface area contributed by atoms with Crippen molar-refractivity contribution in [3.05, 3.63) is 23.8 Å². The highest BCUT2D eigenvalue weighted by molar-refractivity contribution is 5.90. The molecule has 0 atom stereocenters. The van der Waals surface area contributed by atoms with Crippen LogP contribution in [0.2, 0.25) is 0 Å². The van der Waals surface area contributed by atoms with Gasteiger partial charge in [-0.1, -0.05) is 5.92 Å². The highest BCUT2D eigenvalue weighted by atomic mass is 16.5. The molecule has 0 fully saturated rings. The average molecular weight is 192 g/mol. The van der Waals surface area contributed by atoms with Crippen LogP contribution in [0.5, 0.6) is 11.5 Å². The number of carbonyl (C=O) groups is 1. The van der Waals surface area contributed by atoms with Gasteiger partial charge in [0.25, 0.3) is 0 Å². The van der Waals surface area contributed by atoms with Crippen molar-refractivity contribution in [2.75, 3.05) is 6.61 Å². The van der Waals surface area contributed by atoms with Gasteiger partial charge in [0, 0.05) is 0 Å². The number of ether oxygens (including phenoxy) is 1. The molecule has 1 aromatic rings. The second-order valence-corrected chi connectivity index (χ2v) is 2.48. The van der Waals surface area contributed by atoms with E-state index in [0.717, 1.165) is 6.07 Å². The average Bonchev–Trinajstić information content (AvgIpc) is 2.18. The summed E-state index contributed by atoms with van der Waals surface area (Å²) in [6.45, 7) is -0.125. The number of hydrogen-bond acceptors (Lipinski definition) is 4. The Kier molecular flexibility index (Phi) is 2.97. The highest BCUT2D eigenvalue weighted by Gasteiger charge is 2.08. The van der Waals surface area contributed by atoms with Crippen LogP contribution >= 0.6 is 0 Å². The highest BCUT2D eigenvalue weighted by Crippen LogP contribution is 2.24. The van der Waals surface area contributed by atoms with Crippen LogP contribution in [0, 0.1) is 12.3 Å². The molecule has 4 nitrogen and oxygen atoms in total. The van der Waals surface area contributed by atoms with Crippen LogP contribution in [-0.2, 0) is 4.74 Å². The summed E-state index contributed by atoms with van der Waals surface area (Å²) in [6, 6.07) is 3.63. The van der Waals surface area contributed by atoms with Crippen molar-refractivity contribution < 1.29 is 19.7 Å². The molecular weight excluding hydrogens is 184 g/mol. The molecule has 0 amide bonds. The molecule has 0 unspecified atom stereocenters. The van der Waals surface area contributed by atoms with Gasteiger partial charge in [-0.25, -0.2) is 4.79 Å². The number of aromatic hydroxyl groups is 2. The first-order chi connectivity index (χ1) is 6.65. The summed E-state index contributed by atoms with van der Waals surface area (Å²) in [4.78, 5) is 11.2. The third-order valence-corrected chi connectivity index (χ3v) is 1.50. The second kappa shape index (κ2) is 4.19. The fraction of sp³-hybridized carbons (Fsp3) is 0.100. The summed E-state index contributed by atoms with van der Waals surface area (Å²) in [5.74, 6) is 0.831. The zero-order chi connectivity index (χ0) is 10.6. The van der Waals surface area contributed by atoms with Crippen LogP contribution in [0.25, 0.3) is 0 Å². The van der Waals surface area contributed by atoms with E-state index in [1.807, 2.05) is 0 Å². The van der Waals surface area contributed by atoms with Gasteiger partial charge in [0.2, 0.25) is 0 Å². The molecule has 0 aliphatic carbocycles. The predicted molar refractivity (Wildman–Crippen MR) is 48.9 cm³/mol. The maximum absolute atomic E-state index is 11.2. The van der Waals surface area contributed by atoms with E-state index in [9.17, 15) is 4.79 Å². The van der Waals surface area contributed by atoms with Gasteiger partial charge in [-0.15, -0.1) is 6.42 Å². The fourth-order valence-corrected chi connectivity index (χ4v) is 0.841. The molecule has 0 bridgehead atoms. The molecule has 0 radical (unpaired) electrons. The maximum Gasteiger partial charge on any atom is 0.339 e. The molecule has 72 valence electrons. The van der Waals surface area contributed by atoms with Gasteiger partial charge in [0.15, 0.2) is 18.1 Å². The molecule has 4 heteroatoms. The SMILES string of the molecule is C#CCOC(=O)c1ccc(O)c(O)c1. The Morgan fingerprint density at radius 2 is 2.14 bits per heavy atom. The number of hydrogen-bond donors (Lipinski definition) is 2. The Morgan fingerprint density at radius 1 is 1.43 bits per heavy atom. The maximum atomic E-state index is 11.2. The first-order valence-corrected chi connectivity index (χ1v) is 3.77. The summed E-state index contributed by atoms with van der Waals surface area (Å²) in [5.41, 5.74) is 0.135. The minimum absolute atomic E-state index is 0.125. The van der Waals surface area contributed by atoms with Gasteiger partial charge in [0.1, 0.15) is 0 Å². The van der Waals surface area contributed by atoms with E-state index in [2.05, 4.69) is 10.7 Å². The lowest BCUT2D eigenvalue weighted by Crippen LogP contribution is -2.04. The van der Waals surface area contributed by atoms with Crippen LogP contribution in [0.4, 0.5) is 0 Å². The van der Waals surface area contributed by atoms with Crippen LogP contribution < -0.4 is 0 Å². The van der Waals surface area contributed by atoms with E-state index in [-0.39, 0.29) is 23.7 Å². The molecule has 0 saturated carbocycles. The zero-order valence-corrected chi connectivity index (χ0v) is 7.23. The molecular formula is C10H8O4. The zero-order valence-electron chi connectivity index (χ0n) is 7.23. The lowest BCUT2D eigenvalue weighted by Gasteiger charge is -2.02. The third kappa shape index (κ3) is 2.17. The van der Waals surface area contributed by atoms with Crippen molar-refractivity contribution in [3.63, 3.8) is 0 Å². The van der Waals surface area contributed by atoms with Crippen LogP contribution in [0.3, 0.4) is 0 Å². The van der Waals surface area contributed by atoms with Crippen LogP contribution in [0.1, 0.15) is 10.4 Å². The Morgan fingerprint density at radius 3 is 2.71 bits per heavy atom. The number of rotatable bonds is 2. The minimum atomic E-state index is -0.641. The number of carbonyl (C=O) groups excluding carboxylic acids is 1. The molecule has 0 aliphatic heterocycles. The normalized spacial score (nSPS) is 9.07. The Labute approximate surface area is 80.8 Å². The fourth-order valence-electron chi connectivity index (χ4n) is 0.841. The van der Waals surface area contributed by atoms with Gasteiger partial charge in [-0.3, -0.25) is 0 Å². The largest absolute Gasteiger partial charge is 0.504 e. The summed E-state index contributed by atoms with van der Waals surface area (Å²) < 4.78 is 4.60. The quantitative estimate of drug-likeness (QED) is 0.415. The van der Waals surface area contributed by atoms with Gasteiger partial charge >= 0.3 is 5.97 Å². The van der Waals surface area contributed by atoms with Crippen LogP contribution in [-0.4, -0.2) is 22.8 Å².